The van der Waals surface area contributed by atoms with E-state index in [1.807, 2.05) is 0 Å². The Morgan fingerprint density at radius 1 is 1.19 bits per heavy atom. The monoisotopic (exact) mass is 222 g/mol. The molecule has 1 heterocycles. The van der Waals surface area contributed by atoms with Crippen molar-refractivity contribution < 1.29 is 0 Å². The van der Waals surface area contributed by atoms with Crippen LogP contribution in [0.5, 0.6) is 0 Å². The van der Waals surface area contributed by atoms with Crippen LogP contribution in [0.4, 0.5) is 0 Å². The lowest BCUT2D eigenvalue weighted by Crippen LogP contribution is -2.52. The maximum atomic E-state index is 3.70. The van der Waals surface area contributed by atoms with Gasteiger partial charge in [-0.3, -0.25) is 0 Å². The van der Waals surface area contributed by atoms with Crippen LogP contribution in [0.15, 0.2) is 0 Å². The van der Waals surface area contributed by atoms with Gasteiger partial charge in [-0.1, -0.05) is 13.3 Å². The Morgan fingerprint density at radius 2 is 2.06 bits per heavy atom. The second-order valence-corrected chi connectivity index (χ2v) is 6.44. The highest BCUT2D eigenvalue weighted by Gasteiger charge is 2.34. The minimum atomic E-state index is 0.826. The first-order valence-corrected chi connectivity index (χ1v) is 7.27. The molecule has 2 aliphatic carbocycles. The van der Waals surface area contributed by atoms with Gasteiger partial charge in [0.25, 0.3) is 0 Å². The maximum Gasteiger partial charge on any atom is 0.0223 e. The third-order valence-corrected chi connectivity index (χ3v) is 4.80. The fourth-order valence-corrected chi connectivity index (χ4v) is 3.68. The predicted molar refractivity (Wildman–Crippen MR) is 67.5 cm³/mol. The molecule has 0 spiro atoms. The van der Waals surface area contributed by atoms with Crippen LogP contribution in [0.25, 0.3) is 0 Å². The van der Waals surface area contributed by atoms with Crippen LogP contribution in [0.1, 0.15) is 39.0 Å². The molecule has 1 saturated heterocycles. The van der Waals surface area contributed by atoms with Crippen LogP contribution in [-0.2, 0) is 0 Å². The van der Waals surface area contributed by atoms with Crippen molar-refractivity contribution in [1.29, 1.82) is 0 Å². The van der Waals surface area contributed by atoms with Crippen LogP contribution in [-0.4, -0.2) is 37.1 Å². The molecule has 16 heavy (non-hydrogen) atoms. The maximum absolute atomic E-state index is 3.70. The van der Waals surface area contributed by atoms with Crippen LogP contribution in [0.3, 0.4) is 0 Å². The molecule has 0 radical (unpaired) electrons. The van der Waals surface area contributed by atoms with Crippen molar-refractivity contribution in [3.63, 3.8) is 0 Å². The van der Waals surface area contributed by atoms with E-state index in [2.05, 4.69) is 17.1 Å². The Bertz CT molecular complexity index is 237. The third-order valence-electron chi connectivity index (χ3n) is 4.80. The lowest BCUT2D eigenvalue weighted by molar-refractivity contribution is 0.164. The standard InChI is InChI=1S/C14H26N2/c1-11-2-3-12(8-11)9-16-7-6-15-14(10-16)13-4-5-13/h11-15H,2-10H2,1H3. The van der Waals surface area contributed by atoms with E-state index in [1.165, 1.54) is 58.3 Å². The van der Waals surface area contributed by atoms with Gasteiger partial charge in [0.15, 0.2) is 0 Å². The molecule has 3 atom stereocenters. The molecular weight excluding hydrogens is 196 g/mol. The van der Waals surface area contributed by atoms with E-state index in [9.17, 15) is 0 Å². The van der Waals surface area contributed by atoms with Gasteiger partial charge in [-0.15, -0.1) is 0 Å². The third kappa shape index (κ3) is 2.60. The van der Waals surface area contributed by atoms with Crippen molar-refractivity contribution in [2.75, 3.05) is 26.2 Å². The van der Waals surface area contributed by atoms with Gasteiger partial charge in [0.1, 0.15) is 0 Å². The molecule has 1 aliphatic heterocycles. The zero-order valence-electron chi connectivity index (χ0n) is 10.6. The summed E-state index contributed by atoms with van der Waals surface area (Å²) >= 11 is 0. The van der Waals surface area contributed by atoms with Crippen LogP contribution >= 0.6 is 0 Å². The van der Waals surface area contributed by atoms with Gasteiger partial charge in [0.05, 0.1) is 0 Å². The summed E-state index contributed by atoms with van der Waals surface area (Å²) in [6.45, 7) is 7.65. The predicted octanol–water partition coefficient (Wildman–Crippen LogP) is 2.11. The highest BCUT2D eigenvalue weighted by Crippen LogP contribution is 2.35. The van der Waals surface area contributed by atoms with Crippen LogP contribution in [0, 0.1) is 17.8 Å². The summed E-state index contributed by atoms with van der Waals surface area (Å²) in [6, 6.07) is 0.826. The molecule has 2 saturated carbocycles. The molecule has 0 aromatic carbocycles. The molecule has 3 fully saturated rings. The summed E-state index contributed by atoms with van der Waals surface area (Å²) in [4.78, 5) is 2.74. The van der Waals surface area contributed by atoms with Gasteiger partial charge < -0.3 is 10.2 Å². The Balaban J connectivity index is 1.46. The summed E-state index contributed by atoms with van der Waals surface area (Å²) < 4.78 is 0. The second-order valence-electron chi connectivity index (χ2n) is 6.44. The molecule has 0 aromatic rings. The molecule has 0 bridgehead atoms. The summed E-state index contributed by atoms with van der Waals surface area (Å²) in [5, 5.41) is 3.70. The largest absolute Gasteiger partial charge is 0.311 e. The van der Waals surface area contributed by atoms with E-state index in [1.54, 1.807) is 0 Å². The van der Waals surface area contributed by atoms with Crippen molar-refractivity contribution in [2.24, 2.45) is 17.8 Å². The first-order valence-electron chi connectivity index (χ1n) is 7.27. The normalized spacial score (nSPS) is 41.4. The Kier molecular flexibility index (Phi) is 3.21. The molecule has 1 N–H and O–H groups in total. The molecule has 3 aliphatic rings. The molecule has 3 rings (SSSR count). The Morgan fingerprint density at radius 3 is 2.75 bits per heavy atom. The van der Waals surface area contributed by atoms with Crippen LogP contribution in [0.2, 0.25) is 0 Å². The molecule has 3 unspecified atom stereocenters. The molecule has 0 aromatic heterocycles. The molecule has 2 heteroatoms. The quantitative estimate of drug-likeness (QED) is 0.787. The second kappa shape index (κ2) is 4.66. The fraction of sp³-hybridized carbons (Fsp3) is 1.00. The summed E-state index contributed by atoms with van der Waals surface area (Å²) in [7, 11) is 0. The summed E-state index contributed by atoms with van der Waals surface area (Å²) in [5.41, 5.74) is 0. The minimum absolute atomic E-state index is 0.826. The van der Waals surface area contributed by atoms with Gasteiger partial charge in [0, 0.05) is 32.2 Å². The Labute approximate surface area is 99.8 Å². The average molecular weight is 222 g/mol. The molecule has 92 valence electrons. The minimum Gasteiger partial charge on any atom is -0.311 e. The molecular formula is C14H26N2. The van der Waals surface area contributed by atoms with Gasteiger partial charge >= 0.3 is 0 Å². The fourth-order valence-electron chi connectivity index (χ4n) is 3.68. The van der Waals surface area contributed by atoms with Gasteiger partial charge in [-0.2, -0.15) is 0 Å². The molecule has 2 nitrogen and oxygen atoms in total. The zero-order chi connectivity index (χ0) is 11.0. The van der Waals surface area contributed by atoms with Crippen molar-refractivity contribution in [3.05, 3.63) is 0 Å². The first kappa shape index (κ1) is 11.0. The number of piperazine rings is 1. The van der Waals surface area contributed by atoms with E-state index < -0.39 is 0 Å². The smallest absolute Gasteiger partial charge is 0.0223 e. The van der Waals surface area contributed by atoms with E-state index in [-0.39, 0.29) is 0 Å². The molecule has 0 amide bonds. The average Bonchev–Trinajstić information content (AvgIpc) is 3.05. The van der Waals surface area contributed by atoms with Crippen molar-refractivity contribution in [2.45, 2.75) is 45.1 Å². The van der Waals surface area contributed by atoms with E-state index in [0.29, 0.717) is 0 Å². The van der Waals surface area contributed by atoms with Gasteiger partial charge in [0.2, 0.25) is 0 Å². The number of rotatable bonds is 3. The van der Waals surface area contributed by atoms with Crippen molar-refractivity contribution in [1.82, 2.24) is 10.2 Å². The highest BCUT2D eigenvalue weighted by molar-refractivity contribution is 4.91. The van der Waals surface area contributed by atoms with Gasteiger partial charge in [-0.25, -0.2) is 0 Å². The number of nitrogens with one attached hydrogen (secondary N) is 1. The highest BCUT2D eigenvalue weighted by atomic mass is 15.2. The summed E-state index contributed by atoms with van der Waals surface area (Å²) in [5.74, 6) is 3.02. The van der Waals surface area contributed by atoms with E-state index >= 15 is 0 Å². The number of nitrogens with zero attached hydrogens (tertiary/aromatic N) is 1. The van der Waals surface area contributed by atoms with Gasteiger partial charge in [-0.05, 0) is 43.4 Å². The van der Waals surface area contributed by atoms with Crippen LogP contribution < -0.4 is 5.32 Å². The lowest BCUT2D eigenvalue weighted by atomic mass is 10.0. The Hall–Kier alpha value is -0.0800. The lowest BCUT2D eigenvalue weighted by Gasteiger charge is -2.35. The topological polar surface area (TPSA) is 15.3 Å². The first-order chi connectivity index (χ1) is 7.81. The van der Waals surface area contributed by atoms with E-state index in [4.69, 9.17) is 0 Å². The summed E-state index contributed by atoms with van der Waals surface area (Å²) in [6.07, 6.45) is 7.40. The van der Waals surface area contributed by atoms with Crippen molar-refractivity contribution >= 4 is 0 Å². The SMILES string of the molecule is CC1CCC(CN2CCNC(C3CC3)C2)C1. The van der Waals surface area contributed by atoms with Crippen molar-refractivity contribution in [3.8, 4) is 0 Å². The number of hydrogen-bond acceptors (Lipinski definition) is 2. The number of hydrogen-bond donors (Lipinski definition) is 1. The zero-order valence-corrected chi connectivity index (χ0v) is 10.6. The van der Waals surface area contributed by atoms with E-state index in [0.717, 1.165) is 23.8 Å².